The van der Waals surface area contributed by atoms with Crippen LogP contribution in [0.15, 0.2) is 71.3 Å². The first-order chi connectivity index (χ1) is 18.5. The monoisotopic (exact) mass is 547 g/mol. The molecule has 1 aromatic carbocycles. The van der Waals surface area contributed by atoms with E-state index in [0.717, 1.165) is 12.1 Å². The number of dihydropyridines is 1. The summed E-state index contributed by atoms with van der Waals surface area (Å²) in [6.45, 7) is 2.86. The van der Waals surface area contributed by atoms with Gasteiger partial charge in [-0.05, 0) is 37.6 Å². The van der Waals surface area contributed by atoms with Gasteiger partial charge in [-0.2, -0.15) is 13.2 Å². The van der Waals surface area contributed by atoms with Crippen LogP contribution in [0, 0.1) is 0 Å². The number of methoxy groups -OCH3 is 1. The Morgan fingerprint density at radius 3 is 2.23 bits per heavy atom. The smallest absolute Gasteiger partial charge is 0.416 e. The fraction of sp³-hybridized carbons (Fsp3) is 0.333. The number of nitrogens with one attached hydrogen (secondary N) is 2. The lowest BCUT2D eigenvalue weighted by atomic mass is 9.80. The van der Waals surface area contributed by atoms with Crippen LogP contribution in [-0.2, 0) is 30.0 Å². The third-order valence-corrected chi connectivity index (χ3v) is 5.81. The first-order valence-electron chi connectivity index (χ1n) is 11.9. The van der Waals surface area contributed by atoms with Gasteiger partial charge in [0.05, 0.1) is 41.3 Å². The second-order valence-electron chi connectivity index (χ2n) is 8.52. The standard InChI is InChI=1S/C27H28F3N3O6/c1-16-21(25(35)38-11-10-32-24(34)19-7-5-9-31-15-19)23(18-6-4-8-20(14-18)27(28,29)30)22(17(2)33-16)26(36)39-13-12-37-3/h4-9,14-15,23,33H,10-13H2,1-3H3,(H,32,34). The SMILES string of the molecule is COCCOC(=O)C1=C(C)NC(C)=C(C(=O)OCCNC(=O)c2cccnc2)C1c1cccc(C(F)(F)F)c1. The van der Waals surface area contributed by atoms with Gasteiger partial charge in [0.2, 0.25) is 0 Å². The van der Waals surface area contributed by atoms with Gasteiger partial charge in [-0.15, -0.1) is 0 Å². The number of allylic oxidation sites excluding steroid dienone is 2. The number of carbonyl (C=O) groups excluding carboxylic acids is 3. The maximum Gasteiger partial charge on any atom is 0.416 e. The summed E-state index contributed by atoms with van der Waals surface area (Å²) in [6.07, 6.45) is -1.75. The number of ether oxygens (including phenoxy) is 3. The molecule has 0 spiro atoms. The van der Waals surface area contributed by atoms with Gasteiger partial charge in [-0.25, -0.2) is 9.59 Å². The predicted octanol–water partition coefficient (Wildman–Crippen LogP) is 3.50. The van der Waals surface area contributed by atoms with Crippen LogP contribution in [0.1, 0.15) is 41.3 Å². The zero-order chi connectivity index (χ0) is 28.6. The maximum absolute atomic E-state index is 13.5. The predicted molar refractivity (Wildman–Crippen MR) is 133 cm³/mol. The molecule has 1 aliphatic rings. The highest BCUT2D eigenvalue weighted by atomic mass is 19.4. The molecule has 208 valence electrons. The molecule has 1 amide bonds. The largest absolute Gasteiger partial charge is 0.460 e. The van der Waals surface area contributed by atoms with E-state index in [2.05, 4.69) is 15.6 Å². The summed E-state index contributed by atoms with van der Waals surface area (Å²) < 4.78 is 56.1. The first-order valence-corrected chi connectivity index (χ1v) is 11.9. The van der Waals surface area contributed by atoms with Crippen molar-refractivity contribution in [2.75, 3.05) is 33.5 Å². The van der Waals surface area contributed by atoms with E-state index in [4.69, 9.17) is 14.2 Å². The molecule has 0 radical (unpaired) electrons. The minimum Gasteiger partial charge on any atom is -0.460 e. The van der Waals surface area contributed by atoms with Crippen molar-refractivity contribution in [3.8, 4) is 0 Å². The first kappa shape index (κ1) is 29.4. The summed E-state index contributed by atoms with van der Waals surface area (Å²) in [4.78, 5) is 42.4. The molecule has 12 heteroatoms. The number of esters is 2. The molecule has 39 heavy (non-hydrogen) atoms. The lowest BCUT2D eigenvalue weighted by Crippen LogP contribution is -2.34. The number of aromatic nitrogens is 1. The Bertz CT molecular complexity index is 1280. The van der Waals surface area contributed by atoms with E-state index in [-0.39, 0.29) is 43.1 Å². The van der Waals surface area contributed by atoms with E-state index >= 15 is 0 Å². The van der Waals surface area contributed by atoms with Gasteiger partial charge in [-0.3, -0.25) is 9.78 Å². The van der Waals surface area contributed by atoms with Gasteiger partial charge in [0.1, 0.15) is 13.2 Å². The normalized spacial score (nSPS) is 15.5. The fourth-order valence-electron chi connectivity index (χ4n) is 4.04. The van der Waals surface area contributed by atoms with E-state index in [1.165, 1.54) is 31.6 Å². The molecule has 0 saturated heterocycles. The molecule has 1 aliphatic heterocycles. The van der Waals surface area contributed by atoms with Crippen LogP contribution in [0.3, 0.4) is 0 Å². The number of carbonyl (C=O) groups is 3. The molecular formula is C27H28F3N3O6. The van der Waals surface area contributed by atoms with Crippen LogP contribution in [0.25, 0.3) is 0 Å². The van der Waals surface area contributed by atoms with Gasteiger partial charge in [0.15, 0.2) is 0 Å². The summed E-state index contributed by atoms with van der Waals surface area (Å²) in [5.74, 6) is -3.31. The number of hydrogen-bond donors (Lipinski definition) is 2. The Balaban J connectivity index is 1.87. The molecule has 2 heterocycles. The number of pyridine rings is 1. The van der Waals surface area contributed by atoms with Gasteiger partial charge in [-0.1, -0.05) is 18.2 Å². The van der Waals surface area contributed by atoms with Crippen molar-refractivity contribution in [1.82, 2.24) is 15.6 Å². The molecule has 3 rings (SSSR count). The maximum atomic E-state index is 13.5. The van der Waals surface area contributed by atoms with Crippen molar-refractivity contribution >= 4 is 17.8 Å². The van der Waals surface area contributed by atoms with Crippen LogP contribution in [0.4, 0.5) is 13.2 Å². The van der Waals surface area contributed by atoms with Crippen LogP contribution in [0.2, 0.25) is 0 Å². The highest BCUT2D eigenvalue weighted by Gasteiger charge is 2.39. The number of alkyl halides is 3. The molecule has 0 bridgehead atoms. The van der Waals surface area contributed by atoms with E-state index in [1.54, 1.807) is 26.0 Å². The third-order valence-electron chi connectivity index (χ3n) is 5.81. The van der Waals surface area contributed by atoms with Crippen molar-refractivity contribution in [1.29, 1.82) is 0 Å². The second kappa shape index (κ2) is 13.1. The van der Waals surface area contributed by atoms with Crippen molar-refractivity contribution in [3.63, 3.8) is 0 Å². The average molecular weight is 548 g/mol. The fourth-order valence-corrected chi connectivity index (χ4v) is 4.04. The molecule has 0 saturated carbocycles. The molecule has 0 aliphatic carbocycles. The van der Waals surface area contributed by atoms with Crippen LogP contribution >= 0.6 is 0 Å². The Morgan fingerprint density at radius 2 is 1.64 bits per heavy atom. The van der Waals surface area contributed by atoms with Crippen molar-refractivity contribution < 1.29 is 41.8 Å². The Kier molecular flexibility index (Phi) is 9.83. The number of amides is 1. The topological polar surface area (TPSA) is 116 Å². The quantitative estimate of drug-likeness (QED) is 0.343. The molecule has 1 atom stereocenters. The van der Waals surface area contributed by atoms with E-state index in [1.807, 2.05) is 0 Å². The third kappa shape index (κ3) is 7.44. The molecule has 0 fully saturated rings. The van der Waals surface area contributed by atoms with E-state index < -0.39 is 35.5 Å². The highest BCUT2D eigenvalue weighted by Crippen LogP contribution is 2.41. The molecule has 9 nitrogen and oxygen atoms in total. The van der Waals surface area contributed by atoms with Crippen LogP contribution in [0.5, 0.6) is 0 Å². The number of nitrogens with zero attached hydrogens (tertiary/aromatic N) is 1. The van der Waals surface area contributed by atoms with Gasteiger partial charge in [0, 0.05) is 30.9 Å². The minimum atomic E-state index is -4.65. The summed E-state index contributed by atoms with van der Waals surface area (Å²) >= 11 is 0. The number of benzene rings is 1. The minimum absolute atomic E-state index is 0.0335. The summed E-state index contributed by atoms with van der Waals surface area (Å²) in [7, 11) is 1.42. The average Bonchev–Trinajstić information content (AvgIpc) is 2.90. The van der Waals surface area contributed by atoms with E-state index in [0.29, 0.717) is 17.0 Å². The second-order valence-corrected chi connectivity index (χ2v) is 8.52. The molecule has 2 aromatic rings. The summed E-state index contributed by atoms with van der Waals surface area (Å²) in [5, 5.41) is 5.52. The summed E-state index contributed by atoms with van der Waals surface area (Å²) in [5.41, 5.74) is -0.0385. The van der Waals surface area contributed by atoms with Gasteiger partial charge >= 0.3 is 18.1 Å². The Labute approximate surface area is 223 Å². The summed E-state index contributed by atoms with van der Waals surface area (Å²) in [6, 6.07) is 7.56. The van der Waals surface area contributed by atoms with Gasteiger partial charge in [0.25, 0.3) is 5.91 Å². The zero-order valence-corrected chi connectivity index (χ0v) is 21.6. The van der Waals surface area contributed by atoms with Gasteiger partial charge < -0.3 is 24.8 Å². The molecule has 1 aromatic heterocycles. The number of hydrogen-bond acceptors (Lipinski definition) is 8. The van der Waals surface area contributed by atoms with Crippen LogP contribution < -0.4 is 10.6 Å². The van der Waals surface area contributed by atoms with Crippen LogP contribution in [-0.4, -0.2) is 56.3 Å². The van der Waals surface area contributed by atoms with Crippen molar-refractivity contribution in [2.24, 2.45) is 0 Å². The molecular weight excluding hydrogens is 519 g/mol. The highest BCUT2D eigenvalue weighted by molar-refractivity contribution is 6.00. The molecule has 1 unspecified atom stereocenters. The number of halogens is 3. The zero-order valence-electron chi connectivity index (χ0n) is 21.6. The van der Waals surface area contributed by atoms with Crippen molar-refractivity contribution in [3.05, 3.63) is 88.0 Å². The lowest BCUT2D eigenvalue weighted by molar-refractivity contribution is -0.141. The number of rotatable bonds is 10. The molecule has 2 N–H and O–H groups in total. The van der Waals surface area contributed by atoms with Crippen molar-refractivity contribution in [2.45, 2.75) is 25.9 Å². The Hall–Kier alpha value is -4.19. The Morgan fingerprint density at radius 1 is 0.974 bits per heavy atom. The lowest BCUT2D eigenvalue weighted by Gasteiger charge is -2.30. The van der Waals surface area contributed by atoms with E-state index in [9.17, 15) is 27.6 Å².